The molecule has 1 aliphatic heterocycles. The Kier molecular flexibility index (Phi) is 2.49. The Morgan fingerprint density at radius 1 is 1.24 bits per heavy atom. The molecule has 2 heteroatoms. The number of fused-ring (bicyclic) bond motifs is 4. The maximum atomic E-state index is 6.43. The molecule has 17 heavy (non-hydrogen) atoms. The van der Waals surface area contributed by atoms with Crippen LogP contribution in [-0.2, 0) is 5.41 Å². The maximum absolute atomic E-state index is 6.43. The van der Waals surface area contributed by atoms with Gasteiger partial charge in [-0.3, -0.25) is 0 Å². The van der Waals surface area contributed by atoms with Crippen molar-refractivity contribution in [3.63, 3.8) is 0 Å². The van der Waals surface area contributed by atoms with Crippen LogP contribution < -0.4 is 5.73 Å². The number of rotatable bonds is 0. The molecule has 0 saturated heterocycles. The van der Waals surface area contributed by atoms with Gasteiger partial charge in [-0.2, -0.15) is 0 Å². The Balaban J connectivity index is 2.29. The van der Waals surface area contributed by atoms with E-state index >= 15 is 0 Å². The fraction of sp³-hybridized carbons (Fsp3) is 0.200. The molecule has 2 N–H and O–H groups in total. The minimum absolute atomic E-state index is 0.0450. The lowest BCUT2D eigenvalue weighted by molar-refractivity contribution is 0.514. The molecule has 0 saturated carbocycles. The Hall–Kier alpha value is -1.25. The highest BCUT2D eigenvalue weighted by Gasteiger charge is 2.38. The van der Waals surface area contributed by atoms with Gasteiger partial charge in [0.1, 0.15) is 0 Å². The molecule has 0 radical (unpaired) electrons. The minimum Gasteiger partial charge on any atom is -0.323 e. The van der Waals surface area contributed by atoms with Crippen molar-refractivity contribution in [1.82, 2.24) is 0 Å². The minimum atomic E-state index is -0.0988. The largest absolute Gasteiger partial charge is 0.323 e. The van der Waals surface area contributed by atoms with E-state index in [1.807, 2.05) is 0 Å². The fourth-order valence-electron chi connectivity index (χ4n) is 2.54. The molecule has 2 atom stereocenters. The van der Waals surface area contributed by atoms with E-state index in [1.54, 1.807) is 11.8 Å². The second-order valence-electron chi connectivity index (χ2n) is 4.70. The summed E-state index contributed by atoms with van der Waals surface area (Å²) in [4.78, 5) is 1.24. The molecule has 3 rings (SSSR count). The van der Waals surface area contributed by atoms with Crippen molar-refractivity contribution < 1.29 is 0 Å². The van der Waals surface area contributed by atoms with Crippen LogP contribution in [0.5, 0.6) is 0 Å². The van der Waals surface area contributed by atoms with Gasteiger partial charge in [-0.05, 0) is 22.6 Å². The van der Waals surface area contributed by atoms with Crippen molar-refractivity contribution in [2.24, 2.45) is 5.73 Å². The molecule has 0 aromatic heterocycles. The number of hydrogen-bond donors (Lipinski definition) is 1. The average molecular weight is 241 g/mol. The molecule has 1 nitrogen and oxygen atoms in total. The fourth-order valence-corrected chi connectivity index (χ4v) is 3.45. The van der Waals surface area contributed by atoms with Crippen LogP contribution in [0.15, 0.2) is 52.8 Å². The molecule has 1 heterocycles. The summed E-state index contributed by atoms with van der Waals surface area (Å²) in [6, 6.07) is 8.57. The van der Waals surface area contributed by atoms with E-state index in [1.165, 1.54) is 16.0 Å². The smallest absolute Gasteiger partial charge is 0.0489 e. The van der Waals surface area contributed by atoms with Crippen molar-refractivity contribution in [2.75, 3.05) is 0 Å². The summed E-state index contributed by atoms with van der Waals surface area (Å²) in [7, 11) is 0. The number of allylic oxidation sites excluding steroid dienone is 2. The van der Waals surface area contributed by atoms with Crippen molar-refractivity contribution in [2.45, 2.75) is 18.4 Å². The van der Waals surface area contributed by atoms with Crippen LogP contribution in [0.1, 0.15) is 18.1 Å². The predicted molar refractivity (Wildman–Crippen MR) is 75.6 cm³/mol. The topological polar surface area (TPSA) is 26.0 Å². The zero-order chi connectivity index (χ0) is 11.9. The third-order valence-corrected chi connectivity index (χ3v) is 4.56. The van der Waals surface area contributed by atoms with E-state index in [9.17, 15) is 0 Å². The molecule has 0 amide bonds. The number of benzene rings is 1. The Morgan fingerprint density at radius 2 is 2.06 bits per heavy atom. The standard InChI is InChI=1S/C15H15NS/c1-15-8-4-5-9-17-13(14(15)16)10-11-6-2-3-7-12(11)15/h2-10,14H,16H2,1H3/b8-4-,9-5-. The summed E-state index contributed by atoms with van der Waals surface area (Å²) in [5.41, 5.74) is 8.94. The van der Waals surface area contributed by atoms with Gasteiger partial charge in [-0.15, -0.1) is 11.8 Å². The Morgan fingerprint density at radius 3 is 2.94 bits per heavy atom. The summed E-state index contributed by atoms with van der Waals surface area (Å²) in [6.45, 7) is 2.22. The highest BCUT2D eigenvalue weighted by molar-refractivity contribution is 8.06. The number of thioether (sulfide) groups is 1. The third kappa shape index (κ3) is 1.60. The monoisotopic (exact) mass is 241 g/mol. The molecule has 86 valence electrons. The Labute approximate surface area is 106 Å². The lowest BCUT2D eigenvalue weighted by Gasteiger charge is -2.39. The van der Waals surface area contributed by atoms with Gasteiger partial charge in [0.2, 0.25) is 0 Å². The summed E-state index contributed by atoms with van der Waals surface area (Å²) in [5, 5.41) is 2.09. The predicted octanol–water partition coefficient (Wildman–Crippen LogP) is 3.44. The van der Waals surface area contributed by atoms with Crippen LogP contribution in [0.3, 0.4) is 0 Å². The first-order valence-corrected chi connectivity index (χ1v) is 6.67. The van der Waals surface area contributed by atoms with E-state index < -0.39 is 0 Å². The van der Waals surface area contributed by atoms with E-state index in [0.717, 1.165) is 0 Å². The zero-order valence-electron chi connectivity index (χ0n) is 9.76. The van der Waals surface area contributed by atoms with E-state index in [2.05, 4.69) is 60.9 Å². The summed E-state index contributed by atoms with van der Waals surface area (Å²) in [6.07, 6.45) is 8.62. The third-order valence-electron chi connectivity index (χ3n) is 3.63. The van der Waals surface area contributed by atoms with Crippen LogP contribution in [0.25, 0.3) is 6.08 Å². The highest BCUT2D eigenvalue weighted by Crippen LogP contribution is 2.43. The van der Waals surface area contributed by atoms with Crippen LogP contribution in [0.2, 0.25) is 0 Å². The lowest BCUT2D eigenvalue weighted by Crippen LogP contribution is -2.44. The van der Waals surface area contributed by atoms with Gasteiger partial charge in [0.05, 0.1) is 0 Å². The zero-order valence-corrected chi connectivity index (χ0v) is 10.6. The van der Waals surface area contributed by atoms with Gasteiger partial charge in [-0.25, -0.2) is 0 Å². The number of hydrogen-bond acceptors (Lipinski definition) is 2. The summed E-state index contributed by atoms with van der Waals surface area (Å²) >= 11 is 1.73. The van der Waals surface area contributed by atoms with Crippen LogP contribution in [0.4, 0.5) is 0 Å². The lowest BCUT2D eigenvalue weighted by atomic mass is 9.71. The van der Waals surface area contributed by atoms with E-state index in [4.69, 9.17) is 5.73 Å². The molecule has 2 aliphatic rings. The second-order valence-corrected chi connectivity index (χ2v) is 5.68. The van der Waals surface area contributed by atoms with Crippen molar-refractivity contribution in [1.29, 1.82) is 0 Å². The summed E-state index contributed by atoms with van der Waals surface area (Å²) < 4.78 is 0. The van der Waals surface area contributed by atoms with Crippen LogP contribution in [0, 0.1) is 0 Å². The van der Waals surface area contributed by atoms with Crippen molar-refractivity contribution in [3.05, 3.63) is 63.9 Å². The first-order valence-electron chi connectivity index (χ1n) is 5.79. The van der Waals surface area contributed by atoms with Gasteiger partial charge >= 0.3 is 0 Å². The van der Waals surface area contributed by atoms with Gasteiger partial charge in [0, 0.05) is 16.4 Å². The first kappa shape index (κ1) is 10.9. The summed E-state index contributed by atoms with van der Waals surface area (Å²) in [5.74, 6) is 0. The molecule has 0 spiro atoms. The molecular formula is C15H15NS. The van der Waals surface area contributed by atoms with Crippen LogP contribution in [-0.4, -0.2) is 6.04 Å². The molecule has 2 unspecified atom stereocenters. The van der Waals surface area contributed by atoms with E-state index in [-0.39, 0.29) is 11.5 Å². The highest BCUT2D eigenvalue weighted by atomic mass is 32.2. The van der Waals surface area contributed by atoms with Gasteiger partial charge in [0.25, 0.3) is 0 Å². The molecule has 2 bridgehead atoms. The molecule has 0 fully saturated rings. The molecular weight excluding hydrogens is 226 g/mol. The van der Waals surface area contributed by atoms with E-state index in [0.29, 0.717) is 0 Å². The average Bonchev–Trinajstić information content (AvgIpc) is 2.35. The van der Waals surface area contributed by atoms with Gasteiger partial charge in [-0.1, -0.05) is 49.4 Å². The SMILES string of the molecule is CC12/C=C\C=C/SC(=Cc3ccccc31)C2N. The molecule has 1 aromatic rings. The molecule has 1 aliphatic carbocycles. The normalized spacial score (nSPS) is 34.0. The molecule has 1 aromatic carbocycles. The van der Waals surface area contributed by atoms with Gasteiger partial charge < -0.3 is 5.73 Å². The second kappa shape index (κ2) is 3.90. The maximum Gasteiger partial charge on any atom is 0.0489 e. The number of nitrogens with two attached hydrogens (primary N) is 1. The quantitative estimate of drug-likeness (QED) is 0.753. The van der Waals surface area contributed by atoms with Crippen molar-refractivity contribution in [3.8, 4) is 0 Å². The first-order chi connectivity index (χ1) is 8.22. The Bertz CT molecular complexity index is 542. The van der Waals surface area contributed by atoms with Gasteiger partial charge in [0.15, 0.2) is 0 Å². The van der Waals surface area contributed by atoms with Crippen molar-refractivity contribution >= 4 is 17.8 Å². The van der Waals surface area contributed by atoms with Crippen LogP contribution >= 0.6 is 11.8 Å².